The molecule has 1 aliphatic heterocycles. The molecule has 4 nitrogen and oxygen atoms in total. The Labute approximate surface area is 135 Å². The first-order valence-corrected chi connectivity index (χ1v) is 7.93. The molecule has 2 aliphatic rings. The van der Waals surface area contributed by atoms with E-state index in [-0.39, 0.29) is 22.6 Å². The normalized spacial score (nSPS) is 24.7. The molecule has 4 rings (SSSR count). The summed E-state index contributed by atoms with van der Waals surface area (Å²) in [5.74, 6) is 0.654. The summed E-state index contributed by atoms with van der Waals surface area (Å²) in [7, 11) is 0. The highest BCUT2D eigenvalue weighted by Crippen LogP contribution is 2.52. The van der Waals surface area contributed by atoms with Crippen molar-refractivity contribution in [2.75, 3.05) is 5.32 Å². The molecular formula is C19H18N2O2. The van der Waals surface area contributed by atoms with Gasteiger partial charge in [0.2, 0.25) is 0 Å². The van der Waals surface area contributed by atoms with Gasteiger partial charge in [-0.2, -0.15) is 0 Å². The fourth-order valence-corrected chi connectivity index (χ4v) is 4.00. The average molecular weight is 306 g/mol. The summed E-state index contributed by atoms with van der Waals surface area (Å²) in [6.07, 6.45) is 5.41. The number of nitro benzene ring substituents is 1. The van der Waals surface area contributed by atoms with E-state index >= 15 is 0 Å². The molecule has 2 aromatic carbocycles. The van der Waals surface area contributed by atoms with Crippen LogP contribution in [0.5, 0.6) is 0 Å². The number of hydrogen-bond donors (Lipinski definition) is 1. The van der Waals surface area contributed by atoms with Gasteiger partial charge in [0, 0.05) is 12.0 Å². The van der Waals surface area contributed by atoms with Gasteiger partial charge in [-0.25, -0.2) is 0 Å². The van der Waals surface area contributed by atoms with Gasteiger partial charge in [-0.3, -0.25) is 10.1 Å². The van der Waals surface area contributed by atoms with Crippen LogP contribution in [0.15, 0.2) is 54.6 Å². The lowest BCUT2D eigenvalue weighted by Gasteiger charge is -2.37. The lowest BCUT2D eigenvalue weighted by atomic mass is 9.76. The number of hydrogen-bond acceptors (Lipinski definition) is 3. The minimum absolute atomic E-state index is 0.102. The van der Waals surface area contributed by atoms with Gasteiger partial charge in [-0.05, 0) is 36.0 Å². The summed E-state index contributed by atoms with van der Waals surface area (Å²) in [6, 6.07) is 13.8. The summed E-state index contributed by atoms with van der Waals surface area (Å²) in [5, 5.41) is 14.9. The first-order chi connectivity index (χ1) is 11.2. The van der Waals surface area contributed by atoms with E-state index in [1.54, 1.807) is 12.1 Å². The van der Waals surface area contributed by atoms with Crippen molar-refractivity contribution in [2.45, 2.75) is 25.3 Å². The second-order valence-electron chi connectivity index (χ2n) is 6.33. The quantitative estimate of drug-likeness (QED) is 0.496. The van der Waals surface area contributed by atoms with Crippen LogP contribution in [-0.4, -0.2) is 4.92 Å². The Morgan fingerprint density at radius 1 is 1.13 bits per heavy atom. The van der Waals surface area contributed by atoms with Crippen molar-refractivity contribution in [1.82, 2.24) is 0 Å². The second kappa shape index (κ2) is 5.23. The fraction of sp³-hybridized carbons (Fsp3) is 0.263. The molecule has 116 valence electrons. The molecule has 0 amide bonds. The molecule has 1 aliphatic carbocycles. The van der Waals surface area contributed by atoms with E-state index < -0.39 is 0 Å². The Kier molecular flexibility index (Phi) is 3.18. The molecular weight excluding hydrogens is 288 g/mol. The Morgan fingerprint density at radius 3 is 2.70 bits per heavy atom. The van der Waals surface area contributed by atoms with Gasteiger partial charge in [-0.1, -0.05) is 48.6 Å². The number of nitrogens with one attached hydrogen (secondary N) is 1. The number of rotatable bonds is 2. The van der Waals surface area contributed by atoms with E-state index in [0.29, 0.717) is 11.6 Å². The molecule has 0 saturated carbocycles. The van der Waals surface area contributed by atoms with Crippen molar-refractivity contribution in [2.24, 2.45) is 5.92 Å². The molecule has 23 heavy (non-hydrogen) atoms. The number of benzene rings is 2. The molecule has 1 N–H and O–H groups in total. The van der Waals surface area contributed by atoms with E-state index in [2.05, 4.69) is 36.5 Å². The van der Waals surface area contributed by atoms with Crippen LogP contribution in [0.4, 0.5) is 11.4 Å². The molecule has 3 unspecified atom stereocenters. The SMILES string of the molecule is Cc1ccccc1C1Nc2c(cccc2[N+](=O)[O-])C2C=CCC21. The van der Waals surface area contributed by atoms with Crippen LogP contribution in [0.2, 0.25) is 0 Å². The van der Waals surface area contributed by atoms with Crippen molar-refractivity contribution in [3.8, 4) is 0 Å². The topological polar surface area (TPSA) is 55.2 Å². The standard InChI is InChI=1S/C19H18N2O2/c1-12-6-2-3-7-13(12)18-15-9-4-8-14(15)16-10-5-11-17(21(22)23)19(16)20-18/h2-8,10-11,14-15,18,20H,9H2,1H3. The number of nitro groups is 1. The Bertz CT molecular complexity index is 813. The fourth-order valence-electron chi connectivity index (χ4n) is 4.00. The van der Waals surface area contributed by atoms with Crippen LogP contribution in [0, 0.1) is 23.0 Å². The number of nitrogens with zero attached hydrogens (tertiary/aromatic N) is 1. The third-order valence-corrected chi connectivity index (χ3v) is 5.09. The summed E-state index contributed by atoms with van der Waals surface area (Å²) < 4.78 is 0. The lowest BCUT2D eigenvalue weighted by Crippen LogP contribution is -2.30. The molecule has 4 heteroatoms. The predicted molar refractivity (Wildman–Crippen MR) is 90.6 cm³/mol. The third-order valence-electron chi connectivity index (χ3n) is 5.09. The molecule has 0 saturated heterocycles. The summed E-state index contributed by atoms with van der Waals surface area (Å²) in [4.78, 5) is 11.1. The maximum absolute atomic E-state index is 11.4. The van der Waals surface area contributed by atoms with Crippen LogP contribution in [-0.2, 0) is 0 Å². The monoisotopic (exact) mass is 306 g/mol. The molecule has 0 spiro atoms. The van der Waals surface area contributed by atoms with Gasteiger partial charge in [-0.15, -0.1) is 0 Å². The van der Waals surface area contributed by atoms with Crippen LogP contribution < -0.4 is 5.32 Å². The molecule has 0 radical (unpaired) electrons. The smallest absolute Gasteiger partial charge is 0.292 e. The van der Waals surface area contributed by atoms with E-state index in [0.717, 1.165) is 12.0 Å². The first-order valence-electron chi connectivity index (χ1n) is 7.93. The number of allylic oxidation sites excluding steroid dienone is 2. The van der Waals surface area contributed by atoms with Crippen molar-refractivity contribution >= 4 is 11.4 Å². The van der Waals surface area contributed by atoms with E-state index in [9.17, 15) is 10.1 Å². The predicted octanol–water partition coefficient (Wildman–Crippen LogP) is 4.73. The van der Waals surface area contributed by atoms with Crippen molar-refractivity contribution < 1.29 is 4.92 Å². The maximum atomic E-state index is 11.4. The Balaban J connectivity index is 1.87. The minimum Gasteiger partial charge on any atom is -0.372 e. The van der Waals surface area contributed by atoms with Crippen molar-refractivity contribution in [3.63, 3.8) is 0 Å². The number of para-hydroxylation sites is 1. The highest BCUT2D eigenvalue weighted by Gasteiger charge is 2.40. The molecule has 2 aromatic rings. The number of aryl methyl sites for hydroxylation is 1. The van der Waals surface area contributed by atoms with Gasteiger partial charge in [0.05, 0.1) is 11.0 Å². The van der Waals surface area contributed by atoms with Gasteiger partial charge < -0.3 is 5.32 Å². The third kappa shape index (κ3) is 2.13. The zero-order chi connectivity index (χ0) is 16.0. The van der Waals surface area contributed by atoms with Crippen molar-refractivity contribution in [1.29, 1.82) is 0 Å². The van der Waals surface area contributed by atoms with Gasteiger partial charge >= 0.3 is 0 Å². The summed E-state index contributed by atoms with van der Waals surface area (Å²) in [5.41, 5.74) is 4.34. The van der Waals surface area contributed by atoms with Crippen LogP contribution in [0.3, 0.4) is 0 Å². The number of anilines is 1. The van der Waals surface area contributed by atoms with Gasteiger partial charge in [0.25, 0.3) is 5.69 Å². The zero-order valence-electron chi connectivity index (χ0n) is 12.9. The highest BCUT2D eigenvalue weighted by atomic mass is 16.6. The average Bonchev–Trinajstić information content (AvgIpc) is 3.04. The molecule has 0 bridgehead atoms. The lowest BCUT2D eigenvalue weighted by molar-refractivity contribution is -0.384. The van der Waals surface area contributed by atoms with E-state index in [1.165, 1.54) is 11.1 Å². The highest BCUT2D eigenvalue weighted by molar-refractivity contribution is 5.71. The summed E-state index contributed by atoms with van der Waals surface area (Å²) in [6.45, 7) is 2.10. The van der Waals surface area contributed by atoms with Crippen LogP contribution in [0.1, 0.15) is 35.1 Å². The largest absolute Gasteiger partial charge is 0.372 e. The minimum atomic E-state index is -0.292. The molecule has 3 atom stereocenters. The van der Waals surface area contributed by atoms with Crippen LogP contribution in [0.25, 0.3) is 0 Å². The maximum Gasteiger partial charge on any atom is 0.292 e. The second-order valence-corrected chi connectivity index (χ2v) is 6.33. The molecule has 0 fully saturated rings. The van der Waals surface area contributed by atoms with E-state index in [1.807, 2.05) is 18.2 Å². The molecule has 1 heterocycles. The zero-order valence-corrected chi connectivity index (χ0v) is 12.9. The van der Waals surface area contributed by atoms with Crippen LogP contribution >= 0.6 is 0 Å². The molecule has 0 aromatic heterocycles. The van der Waals surface area contributed by atoms with Gasteiger partial charge in [0.1, 0.15) is 5.69 Å². The summed E-state index contributed by atoms with van der Waals surface area (Å²) >= 11 is 0. The van der Waals surface area contributed by atoms with E-state index in [4.69, 9.17) is 0 Å². The number of fused-ring (bicyclic) bond motifs is 3. The Morgan fingerprint density at radius 2 is 1.91 bits per heavy atom. The first kappa shape index (κ1) is 14.0. The van der Waals surface area contributed by atoms with Gasteiger partial charge in [0.15, 0.2) is 0 Å². The Hall–Kier alpha value is -2.62. The van der Waals surface area contributed by atoms with Crippen molar-refractivity contribution in [3.05, 3.63) is 81.4 Å².